The van der Waals surface area contributed by atoms with Gasteiger partial charge in [-0.25, -0.2) is 4.98 Å². The molecule has 1 N–H and O–H groups in total. The van der Waals surface area contributed by atoms with E-state index in [9.17, 15) is 0 Å². The van der Waals surface area contributed by atoms with E-state index in [1.165, 1.54) is 24.6 Å². The minimum atomic E-state index is 0.368. The Morgan fingerprint density at radius 3 is 2.57 bits per heavy atom. The molecule has 5 heteroatoms. The van der Waals surface area contributed by atoms with Crippen molar-refractivity contribution < 1.29 is 0 Å². The van der Waals surface area contributed by atoms with Crippen molar-refractivity contribution in [3.63, 3.8) is 0 Å². The van der Waals surface area contributed by atoms with Gasteiger partial charge in [0.05, 0.1) is 50.6 Å². The summed E-state index contributed by atoms with van der Waals surface area (Å²) in [5, 5.41) is 6.86. The van der Waals surface area contributed by atoms with Crippen molar-refractivity contribution in [2.45, 2.75) is 57.9 Å². The van der Waals surface area contributed by atoms with Crippen molar-refractivity contribution in [2.75, 3.05) is 5.32 Å². The van der Waals surface area contributed by atoms with Crippen LogP contribution in [0.1, 0.15) is 50.6 Å². The molecule has 6 rings (SSSR count). The van der Waals surface area contributed by atoms with Crippen LogP contribution in [0.5, 0.6) is 0 Å². The highest BCUT2D eigenvalue weighted by atomic mass is 15.0. The molecule has 176 valence electrons. The highest BCUT2D eigenvalue weighted by Gasteiger charge is 2.18. The van der Waals surface area contributed by atoms with Crippen molar-refractivity contribution >= 4 is 23.5 Å². The molecule has 0 amide bonds. The fraction of sp³-hybridized carbons (Fsp3) is 0.300. The Morgan fingerprint density at radius 2 is 1.74 bits per heavy atom. The van der Waals surface area contributed by atoms with Crippen molar-refractivity contribution in [3.05, 3.63) is 82.5 Å². The van der Waals surface area contributed by atoms with E-state index in [-0.39, 0.29) is 0 Å². The van der Waals surface area contributed by atoms with Gasteiger partial charge in [-0.3, -0.25) is 9.98 Å². The number of benzene rings is 2. The summed E-state index contributed by atoms with van der Waals surface area (Å²) < 4.78 is 2.35. The van der Waals surface area contributed by atoms with Crippen LogP contribution in [0.3, 0.4) is 0 Å². The molecule has 0 radical (unpaired) electrons. The first-order valence-corrected chi connectivity index (χ1v) is 12.8. The van der Waals surface area contributed by atoms with Gasteiger partial charge in [0.2, 0.25) is 0 Å². The van der Waals surface area contributed by atoms with Crippen molar-refractivity contribution in [3.8, 4) is 17.1 Å². The van der Waals surface area contributed by atoms with Crippen molar-refractivity contribution in [1.29, 1.82) is 0 Å². The van der Waals surface area contributed by atoms with Crippen molar-refractivity contribution in [1.82, 2.24) is 14.5 Å². The van der Waals surface area contributed by atoms with E-state index in [1.807, 2.05) is 19.2 Å². The van der Waals surface area contributed by atoms with Gasteiger partial charge in [0.15, 0.2) is 0 Å². The first-order valence-electron chi connectivity index (χ1n) is 12.8. The second kappa shape index (κ2) is 9.49. The van der Waals surface area contributed by atoms with E-state index in [0.29, 0.717) is 6.04 Å². The highest BCUT2D eigenvalue weighted by Crippen LogP contribution is 2.26. The summed E-state index contributed by atoms with van der Waals surface area (Å²) >= 11 is 0. The van der Waals surface area contributed by atoms with Gasteiger partial charge < -0.3 is 9.88 Å². The predicted octanol–water partition coefficient (Wildman–Crippen LogP) is 5.01. The molecule has 0 unspecified atom stereocenters. The second-order valence-corrected chi connectivity index (χ2v) is 9.58. The van der Waals surface area contributed by atoms with Crippen LogP contribution < -0.4 is 21.4 Å². The smallest absolute Gasteiger partial charge is 0.0900 e. The molecule has 1 aliphatic heterocycles. The van der Waals surface area contributed by atoms with Crippen LogP contribution >= 0.6 is 0 Å². The number of para-hydroxylation sites is 1. The molecule has 3 aliphatic carbocycles. The lowest BCUT2D eigenvalue weighted by atomic mass is 9.96. The molecule has 0 bridgehead atoms. The van der Waals surface area contributed by atoms with Gasteiger partial charge in [0.1, 0.15) is 0 Å². The standard InChI is InChI=1S/C30H31N5/c1-21-24(16-10-18-31-21)33-26-19-28-30(20-27(26)32-22-11-4-2-5-12-22)35(23-13-6-3-7-14-23)29-17-9-8-15-25(29)34-28/h3,6-7,10,13-20,22,33H,2,4-5,8-9,11-12H2,1H3. The number of aromatic nitrogens is 3. The largest absolute Gasteiger partial charge is 0.352 e. The Hall–Kier alpha value is -3.73. The number of rotatable bonds is 4. The maximum atomic E-state index is 5.30. The lowest BCUT2D eigenvalue weighted by Crippen LogP contribution is -2.40. The summed E-state index contributed by atoms with van der Waals surface area (Å²) in [6.07, 6.45) is 14.6. The Morgan fingerprint density at radius 1 is 0.914 bits per heavy atom. The van der Waals surface area contributed by atoms with Crippen LogP contribution in [0.4, 0.5) is 11.4 Å². The zero-order valence-electron chi connectivity index (χ0n) is 20.2. The molecule has 1 aromatic heterocycles. The number of fused-ring (bicyclic) bond motifs is 2. The second-order valence-electron chi connectivity index (χ2n) is 9.58. The normalized spacial score (nSPS) is 16.4. The van der Waals surface area contributed by atoms with Gasteiger partial charge >= 0.3 is 0 Å². The van der Waals surface area contributed by atoms with Gasteiger partial charge in [-0.2, -0.15) is 0 Å². The van der Waals surface area contributed by atoms with Crippen LogP contribution in [0.25, 0.3) is 29.2 Å². The summed E-state index contributed by atoms with van der Waals surface area (Å²) in [6.45, 7) is 2.03. The summed E-state index contributed by atoms with van der Waals surface area (Å²) in [4.78, 5) is 14.9. The van der Waals surface area contributed by atoms with Crippen LogP contribution in [-0.2, 0) is 0 Å². The molecule has 35 heavy (non-hydrogen) atoms. The van der Waals surface area contributed by atoms with Gasteiger partial charge in [0.25, 0.3) is 0 Å². The van der Waals surface area contributed by atoms with E-state index in [1.54, 1.807) is 0 Å². The first kappa shape index (κ1) is 21.8. The Labute approximate surface area is 206 Å². The number of nitrogens with zero attached hydrogens (tertiary/aromatic N) is 4. The third kappa shape index (κ3) is 4.39. The van der Waals surface area contributed by atoms with Crippen LogP contribution in [-0.4, -0.2) is 20.6 Å². The number of nitrogens with one attached hydrogen (secondary N) is 1. The maximum Gasteiger partial charge on any atom is 0.0900 e. The number of anilines is 2. The zero-order valence-corrected chi connectivity index (χ0v) is 20.2. The first-order chi connectivity index (χ1) is 17.3. The van der Waals surface area contributed by atoms with Crippen LogP contribution in [0.2, 0.25) is 0 Å². The van der Waals surface area contributed by atoms with Gasteiger partial charge in [-0.05, 0) is 69.0 Å². The summed E-state index contributed by atoms with van der Waals surface area (Å²) in [5.74, 6) is 0. The van der Waals surface area contributed by atoms with Gasteiger partial charge in [-0.1, -0.05) is 49.6 Å². The predicted molar refractivity (Wildman–Crippen MR) is 142 cm³/mol. The average Bonchev–Trinajstić information content (AvgIpc) is 2.90. The average molecular weight is 462 g/mol. The quantitative estimate of drug-likeness (QED) is 0.465. The molecule has 1 aromatic carbocycles. The third-order valence-electron chi connectivity index (χ3n) is 7.11. The zero-order chi connectivity index (χ0) is 23.6. The van der Waals surface area contributed by atoms with E-state index in [4.69, 9.17) is 9.98 Å². The lowest BCUT2D eigenvalue weighted by molar-refractivity contribution is 0.437. The molecule has 2 aromatic rings. The molecule has 2 heterocycles. The molecule has 0 atom stereocenters. The molecule has 0 spiro atoms. The fourth-order valence-corrected chi connectivity index (χ4v) is 5.28. The molecule has 0 saturated heterocycles. The van der Waals surface area contributed by atoms with Crippen LogP contribution in [0, 0.1) is 6.92 Å². The molecule has 1 fully saturated rings. The molecule has 5 nitrogen and oxygen atoms in total. The Balaban J connectivity index is 1.63. The van der Waals surface area contributed by atoms with E-state index < -0.39 is 0 Å². The number of hydrogen-bond donors (Lipinski definition) is 1. The Bertz CT molecular complexity index is 1510. The van der Waals surface area contributed by atoms with E-state index in [0.717, 1.165) is 70.5 Å². The lowest BCUT2D eigenvalue weighted by Gasteiger charge is -2.21. The van der Waals surface area contributed by atoms with Gasteiger partial charge in [-0.15, -0.1) is 0 Å². The number of pyridine rings is 1. The third-order valence-corrected chi connectivity index (χ3v) is 7.11. The van der Waals surface area contributed by atoms with Crippen LogP contribution in [0.15, 0.2) is 65.8 Å². The highest BCUT2D eigenvalue weighted by molar-refractivity contribution is 5.71. The number of aryl methyl sites for hydroxylation is 1. The number of hydrogen-bond acceptors (Lipinski definition) is 4. The molecular formula is C30H31N5. The molecular weight excluding hydrogens is 430 g/mol. The summed E-state index contributed by atoms with van der Waals surface area (Å²) in [6, 6.07) is 19.4. The maximum absolute atomic E-state index is 5.30. The van der Waals surface area contributed by atoms with E-state index in [2.05, 4.69) is 75.6 Å². The molecule has 4 aliphatic rings. The monoisotopic (exact) mass is 461 g/mol. The van der Waals surface area contributed by atoms with E-state index >= 15 is 0 Å². The summed E-state index contributed by atoms with van der Waals surface area (Å²) in [7, 11) is 0. The van der Waals surface area contributed by atoms with Gasteiger partial charge in [0, 0.05) is 11.9 Å². The SMILES string of the molecule is Cc1ncccc1Nc1cc2nc3c(n(-c4ccccc4)c-2cc1=NC1CCCCC1)=CCCC=3. The minimum Gasteiger partial charge on any atom is -0.352 e. The molecule has 1 saturated carbocycles. The topological polar surface area (TPSA) is 55.1 Å². The fourth-order valence-electron chi connectivity index (χ4n) is 5.28. The Kier molecular flexibility index (Phi) is 5.91. The van der Waals surface area contributed by atoms with Crippen molar-refractivity contribution in [2.24, 2.45) is 4.99 Å². The minimum absolute atomic E-state index is 0.368. The summed E-state index contributed by atoms with van der Waals surface area (Å²) in [5.41, 5.74) is 6.16.